The zero-order valence-electron chi connectivity index (χ0n) is 10.7. The summed E-state index contributed by atoms with van der Waals surface area (Å²) >= 11 is 0. The number of rotatable bonds is 4. The van der Waals surface area contributed by atoms with Crippen LogP contribution in [0.25, 0.3) is 0 Å². The van der Waals surface area contributed by atoms with Crippen molar-refractivity contribution in [3.63, 3.8) is 0 Å². The van der Waals surface area contributed by atoms with E-state index in [9.17, 15) is 0 Å². The van der Waals surface area contributed by atoms with E-state index in [0.29, 0.717) is 17.1 Å². The molecule has 0 spiro atoms. The van der Waals surface area contributed by atoms with Crippen molar-refractivity contribution in [3.8, 4) is 17.6 Å². The Labute approximate surface area is 112 Å². The fourth-order valence-electron chi connectivity index (χ4n) is 1.65. The fraction of sp³-hybridized carbons (Fsp3) is 0.200. The third kappa shape index (κ3) is 3.30. The first-order valence-corrected chi connectivity index (χ1v) is 6.12. The second-order valence-corrected chi connectivity index (χ2v) is 4.18. The van der Waals surface area contributed by atoms with Crippen molar-refractivity contribution >= 4 is 0 Å². The zero-order valence-corrected chi connectivity index (χ0v) is 10.7. The number of nitrogens with two attached hydrogens (primary N) is 1. The Morgan fingerprint density at radius 3 is 2.79 bits per heavy atom. The second-order valence-electron chi connectivity index (χ2n) is 4.18. The zero-order chi connectivity index (χ0) is 13.7. The maximum absolute atomic E-state index is 8.82. The summed E-state index contributed by atoms with van der Waals surface area (Å²) in [5.74, 6) is 1.25. The molecule has 19 heavy (non-hydrogen) atoms. The van der Waals surface area contributed by atoms with Crippen LogP contribution in [0.3, 0.4) is 0 Å². The Morgan fingerprint density at radius 1 is 1.32 bits per heavy atom. The molecule has 0 saturated carbocycles. The third-order valence-corrected chi connectivity index (χ3v) is 2.78. The van der Waals surface area contributed by atoms with E-state index in [1.807, 2.05) is 19.1 Å². The molecule has 2 N–H and O–H groups in total. The van der Waals surface area contributed by atoms with E-state index >= 15 is 0 Å². The summed E-state index contributed by atoms with van der Waals surface area (Å²) in [6.07, 6.45) is 2.49. The van der Waals surface area contributed by atoms with Gasteiger partial charge in [0.15, 0.2) is 0 Å². The summed E-state index contributed by atoms with van der Waals surface area (Å²) in [4.78, 5) is 4.27. The molecule has 0 bridgehead atoms. The van der Waals surface area contributed by atoms with Crippen molar-refractivity contribution in [2.45, 2.75) is 19.4 Å². The molecule has 0 amide bonds. The lowest BCUT2D eigenvalue weighted by Crippen LogP contribution is -2.10. The minimum absolute atomic E-state index is 0.0454. The number of benzene rings is 1. The molecule has 4 nitrogen and oxygen atoms in total. The SMILES string of the molecule is CC[C@H](N)c1ccc(Oc2cccc(C#N)c2)cn1. The van der Waals surface area contributed by atoms with Gasteiger partial charge in [0.05, 0.1) is 23.5 Å². The van der Waals surface area contributed by atoms with Gasteiger partial charge < -0.3 is 10.5 Å². The molecule has 0 saturated heterocycles. The highest BCUT2D eigenvalue weighted by Gasteiger charge is 2.05. The summed E-state index contributed by atoms with van der Waals surface area (Å²) in [6, 6.07) is 12.7. The monoisotopic (exact) mass is 253 g/mol. The standard InChI is InChI=1S/C15H15N3O/c1-2-14(17)15-7-6-13(10-18-15)19-12-5-3-4-11(8-12)9-16/h3-8,10,14H,2,17H2,1H3/t14-/m0/s1. The van der Waals surface area contributed by atoms with Gasteiger partial charge in [-0.3, -0.25) is 4.98 Å². The van der Waals surface area contributed by atoms with Gasteiger partial charge in [0.2, 0.25) is 0 Å². The number of nitrogens with zero attached hydrogens (tertiary/aromatic N) is 2. The van der Waals surface area contributed by atoms with E-state index in [1.54, 1.807) is 30.5 Å². The van der Waals surface area contributed by atoms with Crippen LogP contribution in [0, 0.1) is 11.3 Å². The van der Waals surface area contributed by atoms with Crippen LogP contribution >= 0.6 is 0 Å². The van der Waals surface area contributed by atoms with Gasteiger partial charge in [-0.2, -0.15) is 5.26 Å². The number of hydrogen-bond acceptors (Lipinski definition) is 4. The smallest absolute Gasteiger partial charge is 0.145 e. The van der Waals surface area contributed by atoms with Crippen molar-refractivity contribution in [2.75, 3.05) is 0 Å². The molecular weight excluding hydrogens is 238 g/mol. The van der Waals surface area contributed by atoms with Crippen molar-refractivity contribution in [1.29, 1.82) is 5.26 Å². The highest BCUT2D eigenvalue weighted by Crippen LogP contribution is 2.22. The van der Waals surface area contributed by atoms with E-state index in [0.717, 1.165) is 12.1 Å². The molecular formula is C15H15N3O. The van der Waals surface area contributed by atoms with Crippen LogP contribution in [0.1, 0.15) is 30.6 Å². The molecule has 2 aromatic rings. The molecule has 96 valence electrons. The van der Waals surface area contributed by atoms with Gasteiger partial charge in [0.25, 0.3) is 0 Å². The summed E-state index contributed by atoms with van der Waals surface area (Å²) in [5, 5.41) is 8.82. The molecule has 0 unspecified atom stereocenters. The Balaban J connectivity index is 2.13. The van der Waals surface area contributed by atoms with Crippen LogP contribution in [0.15, 0.2) is 42.6 Å². The van der Waals surface area contributed by atoms with E-state index in [2.05, 4.69) is 11.1 Å². The van der Waals surface area contributed by atoms with E-state index in [1.165, 1.54) is 0 Å². The predicted molar refractivity (Wildman–Crippen MR) is 72.7 cm³/mol. The molecule has 0 fully saturated rings. The molecule has 1 atom stereocenters. The fourth-order valence-corrected chi connectivity index (χ4v) is 1.65. The van der Waals surface area contributed by atoms with Crippen molar-refractivity contribution in [2.24, 2.45) is 5.73 Å². The molecule has 0 aliphatic carbocycles. The molecule has 1 aromatic heterocycles. The van der Waals surface area contributed by atoms with Gasteiger partial charge in [0.1, 0.15) is 11.5 Å². The van der Waals surface area contributed by atoms with Crippen LogP contribution in [0.5, 0.6) is 11.5 Å². The van der Waals surface area contributed by atoms with Crippen LogP contribution in [0.4, 0.5) is 0 Å². The number of hydrogen-bond donors (Lipinski definition) is 1. The first kappa shape index (κ1) is 13.1. The normalized spacial score (nSPS) is 11.6. The Morgan fingerprint density at radius 2 is 2.16 bits per heavy atom. The van der Waals surface area contributed by atoms with Crippen LogP contribution in [0.2, 0.25) is 0 Å². The lowest BCUT2D eigenvalue weighted by Gasteiger charge is -2.09. The first-order chi connectivity index (χ1) is 9.22. The Kier molecular flexibility index (Phi) is 4.11. The van der Waals surface area contributed by atoms with Crippen molar-refractivity contribution < 1.29 is 4.74 Å². The number of pyridine rings is 1. The quantitative estimate of drug-likeness (QED) is 0.908. The second kappa shape index (κ2) is 5.98. The predicted octanol–water partition coefficient (Wildman–Crippen LogP) is 3.16. The Hall–Kier alpha value is -2.38. The third-order valence-electron chi connectivity index (χ3n) is 2.78. The van der Waals surface area contributed by atoms with Crippen LogP contribution < -0.4 is 10.5 Å². The van der Waals surface area contributed by atoms with Crippen LogP contribution in [-0.4, -0.2) is 4.98 Å². The number of ether oxygens (including phenoxy) is 1. The molecule has 0 aliphatic rings. The molecule has 0 radical (unpaired) electrons. The van der Waals surface area contributed by atoms with Crippen molar-refractivity contribution in [3.05, 3.63) is 53.9 Å². The molecule has 1 aromatic carbocycles. The molecule has 0 aliphatic heterocycles. The lowest BCUT2D eigenvalue weighted by molar-refractivity contribution is 0.479. The van der Waals surface area contributed by atoms with E-state index in [4.69, 9.17) is 15.7 Å². The van der Waals surface area contributed by atoms with Gasteiger partial charge in [-0.15, -0.1) is 0 Å². The maximum atomic E-state index is 8.82. The van der Waals surface area contributed by atoms with Crippen molar-refractivity contribution in [1.82, 2.24) is 4.98 Å². The molecule has 2 rings (SSSR count). The van der Waals surface area contributed by atoms with Gasteiger partial charge in [-0.05, 0) is 36.8 Å². The minimum Gasteiger partial charge on any atom is -0.456 e. The summed E-state index contributed by atoms with van der Waals surface area (Å²) in [5.41, 5.74) is 7.31. The largest absolute Gasteiger partial charge is 0.456 e. The highest BCUT2D eigenvalue weighted by atomic mass is 16.5. The molecule has 4 heteroatoms. The summed E-state index contributed by atoms with van der Waals surface area (Å²) < 4.78 is 5.63. The average Bonchev–Trinajstić information content (AvgIpc) is 2.47. The average molecular weight is 253 g/mol. The number of nitriles is 1. The molecule has 1 heterocycles. The maximum Gasteiger partial charge on any atom is 0.145 e. The van der Waals surface area contributed by atoms with Gasteiger partial charge in [0, 0.05) is 6.04 Å². The minimum atomic E-state index is -0.0454. The number of aromatic nitrogens is 1. The first-order valence-electron chi connectivity index (χ1n) is 6.12. The van der Waals surface area contributed by atoms with E-state index < -0.39 is 0 Å². The van der Waals surface area contributed by atoms with Crippen LogP contribution in [-0.2, 0) is 0 Å². The van der Waals surface area contributed by atoms with Gasteiger partial charge >= 0.3 is 0 Å². The summed E-state index contributed by atoms with van der Waals surface area (Å²) in [7, 11) is 0. The van der Waals surface area contributed by atoms with Gasteiger partial charge in [-0.25, -0.2) is 0 Å². The van der Waals surface area contributed by atoms with E-state index in [-0.39, 0.29) is 6.04 Å². The topological polar surface area (TPSA) is 71.9 Å². The highest BCUT2D eigenvalue weighted by molar-refractivity contribution is 5.38. The lowest BCUT2D eigenvalue weighted by atomic mass is 10.1. The van der Waals surface area contributed by atoms with Gasteiger partial charge in [-0.1, -0.05) is 13.0 Å². The summed E-state index contributed by atoms with van der Waals surface area (Å²) in [6.45, 7) is 2.02. The Bertz CT molecular complexity index is 587.